The average Bonchev–Trinajstić information content (AvgIpc) is 4.18. The van der Waals surface area contributed by atoms with E-state index in [0.717, 1.165) is 44.4 Å². The van der Waals surface area contributed by atoms with Crippen LogP contribution >= 0.6 is 23.2 Å². The first-order valence-electron chi connectivity index (χ1n) is 20.0. The fourth-order valence-corrected chi connectivity index (χ4v) is 7.52. The molecule has 0 atom stereocenters. The Morgan fingerprint density at radius 2 is 0.938 bits per heavy atom. The van der Waals surface area contributed by atoms with Gasteiger partial charge in [-0.2, -0.15) is 10.4 Å². The molecule has 4 aromatic heterocycles. The monoisotopic (exact) mass is 892 g/mol. The molecule has 0 unspecified atom stereocenters. The second kappa shape index (κ2) is 19.3. The molecular weight excluding hydrogens is 855 g/mol. The number of tetrazole rings is 2. The van der Waals surface area contributed by atoms with E-state index < -0.39 is 0 Å². The van der Waals surface area contributed by atoms with Gasteiger partial charge in [-0.25, -0.2) is 9.97 Å². The number of hydrogen-bond donors (Lipinski definition) is 4. The van der Waals surface area contributed by atoms with Crippen LogP contribution in [0, 0.1) is 0 Å². The van der Waals surface area contributed by atoms with Crippen LogP contribution in [0.5, 0.6) is 11.5 Å². The lowest BCUT2D eigenvalue weighted by molar-refractivity contribution is 0.266. The molecule has 10 rings (SSSR count). The SMILES string of the molecule is OCc1nc2cc(Cl)c(OCc3ccccc3)cc2n1Cc1ccc(-c2nn[nH]n2)cc1.OCc1nc2cc(OCc3ccccc3)c(Cl)cc2n1Cc1ccc(-c2nn[nH]n2)cc1. The smallest absolute Gasteiger partial charge is 0.204 e. The molecule has 18 heteroatoms. The first kappa shape index (κ1) is 41.8. The quantitative estimate of drug-likeness (QED) is 0.0821. The Kier molecular flexibility index (Phi) is 12.6. The zero-order valence-electron chi connectivity index (χ0n) is 33.9. The molecule has 0 aliphatic carbocycles. The van der Waals surface area contributed by atoms with E-state index in [1.54, 1.807) is 6.07 Å². The van der Waals surface area contributed by atoms with Crippen LogP contribution < -0.4 is 9.47 Å². The fraction of sp³-hybridized carbons (Fsp3) is 0.130. The van der Waals surface area contributed by atoms with E-state index in [1.807, 2.05) is 137 Å². The largest absolute Gasteiger partial charge is 0.487 e. The number of halogens is 2. The lowest BCUT2D eigenvalue weighted by atomic mass is 10.1. The highest BCUT2D eigenvalue weighted by Crippen LogP contribution is 2.33. The number of ether oxygens (including phenoxy) is 2. The van der Waals surface area contributed by atoms with Gasteiger partial charge in [0.1, 0.15) is 49.6 Å². The van der Waals surface area contributed by atoms with Gasteiger partial charge in [-0.3, -0.25) is 0 Å². The Bertz CT molecular complexity index is 3090. The normalized spacial score (nSPS) is 11.2. The number of H-pyrrole nitrogens is 2. The minimum absolute atomic E-state index is 0.187. The minimum Gasteiger partial charge on any atom is -0.487 e. The van der Waals surface area contributed by atoms with Gasteiger partial charge in [0.05, 0.1) is 32.1 Å². The van der Waals surface area contributed by atoms with Gasteiger partial charge in [-0.1, -0.05) is 132 Å². The molecule has 320 valence electrons. The fourth-order valence-electron chi connectivity index (χ4n) is 7.09. The van der Waals surface area contributed by atoms with Crippen LogP contribution in [0.25, 0.3) is 44.8 Å². The van der Waals surface area contributed by atoms with Crippen LogP contribution in [0.3, 0.4) is 0 Å². The molecule has 0 radical (unpaired) electrons. The van der Waals surface area contributed by atoms with Crippen molar-refractivity contribution >= 4 is 45.3 Å². The Balaban J connectivity index is 0.000000162. The summed E-state index contributed by atoms with van der Waals surface area (Å²) in [5.74, 6) is 3.31. The number of nitrogens with zero attached hydrogens (tertiary/aromatic N) is 10. The molecule has 0 aliphatic rings. The maximum absolute atomic E-state index is 9.88. The summed E-state index contributed by atoms with van der Waals surface area (Å²) >= 11 is 13.0. The predicted octanol–water partition coefficient (Wildman–Crippen LogP) is 7.98. The molecule has 10 aromatic rings. The number of aliphatic hydroxyl groups is 2. The van der Waals surface area contributed by atoms with Crippen LogP contribution in [0.1, 0.15) is 33.9 Å². The third-order valence-electron chi connectivity index (χ3n) is 10.3. The van der Waals surface area contributed by atoms with Gasteiger partial charge in [-0.15, -0.1) is 20.4 Å². The van der Waals surface area contributed by atoms with Gasteiger partial charge >= 0.3 is 0 Å². The van der Waals surface area contributed by atoms with E-state index in [2.05, 4.69) is 51.2 Å². The van der Waals surface area contributed by atoms with Crippen LogP contribution in [-0.4, -0.2) is 70.6 Å². The van der Waals surface area contributed by atoms with Crippen molar-refractivity contribution in [2.45, 2.75) is 39.5 Å². The van der Waals surface area contributed by atoms with Crippen molar-refractivity contribution in [1.82, 2.24) is 60.4 Å². The maximum atomic E-state index is 9.88. The summed E-state index contributed by atoms with van der Waals surface area (Å²) in [4.78, 5) is 9.13. The number of fused-ring (bicyclic) bond motifs is 2. The molecule has 0 spiro atoms. The van der Waals surface area contributed by atoms with Crippen LogP contribution in [0.15, 0.2) is 133 Å². The van der Waals surface area contributed by atoms with Crippen molar-refractivity contribution < 1.29 is 19.7 Å². The third kappa shape index (κ3) is 9.45. The van der Waals surface area contributed by atoms with Crippen molar-refractivity contribution in [1.29, 1.82) is 0 Å². The van der Waals surface area contributed by atoms with Crippen molar-refractivity contribution in [2.24, 2.45) is 0 Å². The summed E-state index contributed by atoms with van der Waals surface area (Å²) in [5.41, 5.74) is 8.98. The standard InChI is InChI=1S/2C23H19ClN6O2/c24-18-10-20-19(11-21(18)32-14-16-4-2-1-3-5-16)25-22(13-31)30(20)12-15-6-8-17(9-7-15)23-26-28-29-27-23;24-18-10-19-20(11-21(18)32-14-16-4-2-1-3-5-16)30(22(13-31)25-19)12-15-6-8-17(9-7-15)23-26-28-29-27-23/h2*1-11,31H,12-14H2,(H,26,27,28,29). The zero-order chi connectivity index (χ0) is 43.8. The van der Waals surface area contributed by atoms with E-state index in [1.165, 1.54) is 0 Å². The first-order chi connectivity index (χ1) is 31.4. The highest BCUT2D eigenvalue weighted by molar-refractivity contribution is 6.33. The van der Waals surface area contributed by atoms with Crippen molar-refractivity contribution in [3.8, 4) is 34.3 Å². The lowest BCUT2D eigenvalue weighted by Crippen LogP contribution is -2.05. The Hall–Kier alpha value is -7.50. The summed E-state index contributed by atoms with van der Waals surface area (Å²) in [7, 11) is 0. The van der Waals surface area contributed by atoms with Gasteiger partial charge in [0.25, 0.3) is 0 Å². The van der Waals surface area contributed by atoms with E-state index in [9.17, 15) is 10.2 Å². The second-order valence-electron chi connectivity index (χ2n) is 14.5. The van der Waals surface area contributed by atoms with Crippen molar-refractivity contribution in [3.63, 3.8) is 0 Å². The van der Waals surface area contributed by atoms with Crippen LogP contribution in [0.4, 0.5) is 0 Å². The third-order valence-corrected chi connectivity index (χ3v) is 10.9. The minimum atomic E-state index is -0.187. The van der Waals surface area contributed by atoms with Crippen molar-refractivity contribution in [2.75, 3.05) is 0 Å². The number of aliphatic hydroxyl groups excluding tert-OH is 2. The Morgan fingerprint density at radius 1 is 0.500 bits per heavy atom. The van der Waals surface area contributed by atoms with E-state index in [-0.39, 0.29) is 13.2 Å². The Morgan fingerprint density at radius 3 is 1.39 bits per heavy atom. The highest BCUT2D eigenvalue weighted by atomic mass is 35.5. The molecule has 64 heavy (non-hydrogen) atoms. The summed E-state index contributed by atoms with van der Waals surface area (Å²) in [6.45, 7) is 1.50. The molecule has 0 amide bonds. The number of benzene rings is 6. The molecule has 16 nitrogen and oxygen atoms in total. The number of nitrogens with one attached hydrogen (secondary N) is 2. The molecular formula is C46H38Cl2N12O4. The van der Waals surface area contributed by atoms with Gasteiger partial charge in [0, 0.05) is 36.3 Å². The van der Waals surface area contributed by atoms with Gasteiger partial charge < -0.3 is 28.8 Å². The van der Waals surface area contributed by atoms with Crippen molar-refractivity contribution in [3.05, 3.63) is 177 Å². The highest BCUT2D eigenvalue weighted by Gasteiger charge is 2.17. The summed E-state index contributed by atoms with van der Waals surface area (Å²) in [6, 6.07) is 42.7. The van der Waals surface area contributed by atoms with E-state index in [0.29, 0.717) is 82.2 Å². The molecule has 6 aromatic carbocycles. The lowest BCUT2D eigenvalue weighted by Gasteiger charge is -2.11. The number of aromatic amines is 2. The molecule has 0 fully saturated rings. The predicted molar refractivity (Wildman–Crippen MR) is 240 cm³/mol. The number of aromatic nitrogens is 12. The van der Waals surface area contributed by atoms with Gasteiger partial charge in [0.2, 0.25) is 11.6 Å². The maximum Gasteiger partial charge on any atom is 0.204 e. The molecule has 0 saturated heterocycles. The first-order valence-corrected chi connectivity index (χ1v) is 20.8. The topological polar surface area (TPSA) is 203 Å². The second-order valence-corrected chi connectivity index (χ2v) is 15.3. The summed E-state index contributed by atoms with van der Waals surface area (Å²) in [5, 5.41) is 48.8. The molecule has 4 heterocycles. The van der Waals surface area contributed by atoms with Gasteiger partial charge in [-0.05, 0) is 44.8 Å². The van der Waals surface area contributed by atoms with Crippen LogP contribution in [-0.2, 0) is 39.5 Å². The van der Waals surface area contributed by atoms with E-state index >= 15 is 0 Å². The van der Waals surface area contributed by atoms with Crippen LogP contribution in [0.2, 0.25) is 10.0 Å². The number of hydrogen-bond acceptors (Lipinski definition) is 12. The average molecular weight is 894 g/mol. The Labute approximate surface area is 375 Å². The molecule has 0 aliphatic heterocycles. The molecule has 4 N–H and O–H groups in total. The number of imidazole rings is 2. The molecule has 0 bridgehead atoms. The zero-order valence-corrected chi connectivity index (χ0v) is 35.4. The summed E-state index contributed by atoms with van der Waals surface area (Å²) in [6.07, 6.45) is 0. The molecule has 0 saturated carbocycles. The number of rotatable bonds is 14. The van der Waals surface area contributed by atoms with E-state index in [4.69, 9.17) is 32.7 Å². The summed E-state index contributed by atoms with van der Waals surface area (Å²) < 4.78 is 15.8. The van der Waals surface area contributed by atoms with Gasteiger partial charge in [0.15, 0.2) is 0 Å².